The number of carbonyl (C=O) groups is 1. The van der Waals surface area contributed by atoms with Crippen molar-refractivity contribution < 1.29 is 9.90 Å². The largest absolute Gasteiger partial charge is 0.478 e. The van der Waals surface area contributed by atoms with Gasteiger partial charge in [0, 0.05) is 5.70 Å². The van der Waals surface area contributed by atoms with Crippen molar-refractivity contribution in [3.05, 3.63) is 11.3 Å². The van der Waals surface area contributed by atoms with Crippen molar-refractivity contribution in [1.82, 2.24) is 0 Å². The van der Waals surface area contributed by atoms with Crippen LogP contribution in [0, 0.1) is 0 Å². The fourth-order valence-corrected chi connectivity index (χ4v) is 0.599. The van der Waals surface area contributed by atoms with Crippen molar-refractivity contribution in [2.24, 2.45) is 5.73 Å². The molecule has 0 unspecified atom stereocenters. The monoisotopic (exact) mass is 129 g/mol. The summed E-state index contributed by atoms with van der Waals surface area (Å²) in [6.07, 6.45) is 0.484. The third-order valence-corrected chi connectivity index (χ3v) is 1.09. The number of nitrogens with two attached hydrogens (primary N) is 1. The Morgan fingerprint density at radius 1 is 1.67 bits per heavy atom. The first kappa shape index (κ1) is 8.01. The Bertz CT molecular complexity index is 145. The van der Waals surface area contributed by atoms with Gasteiger partial charge in [0.25, 0.3) is 0 Å². The minimum atomic E-state index is -0.919. The molecule has 0 amide bonds. The van der Waals surface area contributed by atoms with E-state index in [4.69, 9.17) is 10.8 Å². The number of aliphatic carboxylic acids is 1. The molecule has 0 rings (SSSR count). The first-order valence-electron chi connectivity index (χ1n) is 2.78. The summed E-state index contributed by atoms with van der Waals surface area (Å²) in [5.74, 6) is -0.919. The number of hydrogen-bond acceptors (Lipinski definition) is 2. The first-order chi connectivity index (χ1) is 4.09. The van der Waals surface area contributed by atoms with E-state index in [9.17, 15) is 4.79 Å². The topological polar surface area (TPSA) is 63.3 Å². The van der Waals surface area contributed by atoms with E-state index in [1.165, 1.54) is 0 Å². The number of carboxylic acids is 1. The minimum Gasteiger partial charge on any atom is -0.478 e. The van der Waals surface area contributed by atoms with Gasteiger partial charge in [0.2, 0.25) is 0 Å². The average Bonchev–Trinajstić information content (AvgIpc) is 1.64. The van der Waals surface area contributed by atoms with Gasteiger partial charge in [-0.15, -0.1) is 0 Å². The maximum absolute atomic E-state index is 10.2. The summed E-state index contributed by atoms with van der Waals surface area (Å²) in [5, 5.41) is 8.41. The number of allylic oxidation sites excluding steroid dienone is 1. The molecule has 0 saturated carbocycles. The third-order valence-electron chi connectivity index (χ3n) is 1.09. The van der Waals surface area contributed by atoms with Crippen molar-refractivity contribution in [3.63, 3.8) is 0 Å². The van der Waals surface area contributed by atoms with E-state index < -0.39 is 5.97 Å². The predicted octanol–water partition coefficient (Wildman–Crippen LogP) is 0.714. The van der Waals surface area contributed by atoms with E-state index in [1.807, 2.05) is 0 Å². The second-order valence-electron chi connectivity index (χ2n) is 1.82. The number of hydrogen-bond donors (Lipinski definition) is 2. The molecule has 0 aromatic carbocycles. The summed E-state index contributed by atoms with van der Waals surface area (Å²) >= 11 is 0. The molecular formula is C6H11NO2. The van der Waals surface area contributed by atoms with Gasteiger partial charge in [-0.25, -0.2) is 4.79 Å². The number of rotatable bonds is 2. The van der Waals surface area contributed by atoms with E-state index in [0.29, 0.717) is 17.7 Å². The molecule has 9 heavy (non-hydrogen) atoms. The molecule has 0 heterocycles. The van der Waals surface area contributed by atoms with Gasteiger partial charge in [-0.2, -0.15) is 0 Å². The molecule has 0 spiro atoms. The van der Waals surface area contributed by atoms with Gasteiger partial charge in [-0.05, 0) is 13.3 Å². The molecule has 0 aliphatic heterocycles. The molecule has 0 radical (unpaired) electrons. The Hall–Kier alpha value is -0.990. The molecule has 0 aliphatic carbocycles. The lowest BCUT2D eigenvalue weighted by molar-refractivity contribution is -0.132. The second-order valence-corrected chi connectivity index (χ2v) is 1.82. The van der Waals surface area contributed by atoms with Crippen LogP contribution in [0.5, 0.6) is 0 Å². The Labute approximate surface area is 54.2 Å². The fourth-order valence-electron chi connectivity index (χ4n) is 0.599. The summed E-state index contributed by atoms with van der Waals surface area (Å²) in [7, 11) is 0. The zero-order valence-electron chi connectivity index (χ0n) is 5.64. The van der Waals surface area contributed by atoms with Gasteiger partial charge >= 0.3 is 5.97 Å². The first-order valence-corrected chi connectivity index (χ1v) is 2.78. The Balaban J connectivity index is 4.35. The fraction of sp³-hybridized carbons (Fsp3) is 0.500. The molecule has 0 saturated heterocycles. The molecule has 0 aromatic heterocycles. The van der Waals surface area contributed by atoms with E-state index in [2.05, 4.69) is 0 Å². The molecule has 3 heteroatoms. The standard InChI is InChI=1S/C6H11NO2/c1-3-5(4(2)7)6(8)9/h3,7H2,1-2H3,(H,8,9)/b5-4+. The van der Waals surface area contributed by atoms with Crippen molar-refractivity contribution in [2.45, 2.75) is 20.3 Å². The van der Waals surface area contributed by atoms with Crippen LogP contribution in [0.15, 0.2) is 11.3 Å². The van der Waals surface area contributed by atoms with Gasteiger partial charge in [-0.3, -0.25) is 0 Å². The Morgan fingerprint density at radius 3 is 2.11 bits per heavy atom. The lowest BCUT2D eigenvalue weighted by Crippen LogP contribution is -2.06. The molecule has 0 bridgehead atoms. The van der Waals surface area contributed by atoms with Crippen LogP contribution in [-0.2, 0) is 4.79 Å². The van der Waals surface area contributed by atoms with Crippen LogP contribution in [0.4, 0.5) is 0 Å². The quantitative estimate of drug-likeness (QED) is 0.540. The van der Waals surface area contributed by atoms with Crippen molar-refractivity contribution in [3.8, 4) is 0 Å². The smallest absolute Gasteiger partial charge is 0.333 e. The minimum absolute atomic E-state index is 0.301. The van der Waals surface area contributed by atoms with Gasteiger partial charge < -0.3 is 10.8 Å². The number of carboxylic acid groups (broad SMARTS) is 1. The molecule has 3 N–H and O–H groups in total. The lowest BCUT2D eigenvalue weighted by Gasteiger charge is -1.97. The second kappa shape index (κ2) is 3.12. The molecular weight excluding hydrogens is 118 g/mol. The molecule has 3 nitrogen and oxygen atoms in total. The summed E-state index contributed by atoms with van der Waals surface area (Å²) in [6.45, 7) is 3.35. The normalized spacial score (nSPS) is 12.7. The predicted molar refractivity (Wildman–Crippen MR) is 34.8 cm³/mol. The maximum Gasteiger partial charge on any atom is 0.333 e. The molecule has 0 fully saturated rings. The molecule has 0 aliphatic rings. The highest BCUT2D eigenvalue weighted by molar-refractivity contribution is 5.87. The van der Waals surface area contributed by atoms with Crippen LogP contribution < -0.4 is 5.73 Å². The van der Waals surface area contributed by atoms with E-state index in [0.717, 1.165) is 0 Å². The van der Waals surface area contributed by atoms with Crippen molar-refractivity contribution in [2.75, 3.05) is 0 Å². The van der Waals surface area contributed by atoms with Crippen molar-refractivity contribution >= 4 is 5.97 Å². The van der Waals surface area contributed by atoms with E-state index in [-0.39, 0.29) is 0 Å². The van der Waals surface area contributed by atoms with E-state index in [1.54, 1.807) is 13.8 Å². The average molecular weight is 129 g/mol. The maximum atomic E-state index is 10.2. The van der Waals surface area contributed by atoms with Crippen LogP contribution in [0.3, 0.4) is 0 Å². The highest BCUT2D eigenvalue weighted by atomic mass is 16.4. The Kier molecular flexibility index (Phi) is 2.78. The van der Waals surface area contributed by atoms with Gasteiger partial charge in [0.05, 0.1) is 5.57 Å². The summed E-state index contributed by atoms with van der Waals surface area (Å²) in [5.41, 5.74) is 5.94. The molecule has 52 valence electrons. The Morgan fingerprint density at radius 2 is 2.11 bits per heavy atom. The summed E-state index contributed by atoms with van der Waals surface area (Å²) in [6, 6.07) is 0. The third kappa shape index (κ3) is 2.17. The van der Waals surface area contributed by atoms with E-state index >= 15 is 0 Å². The van der Waals surface area contributed by atoms with Crippen LogP contribution >= 0.6 is 0 Å². The lowest BCUT2D eigenvalue weighted by atomic mass is 10.2. The SMILES string of the molecule is CC/C(C(=O)O)=C(/C)N. The van der Waals surface area contributed by atoms with Gasteiger partial charge in [-0.1, -0.05) is 6.92 Å². The van der Waals surface area contributed by atoms with Gasteiger partial charge in [0.1, 0.15) is 0 Å². The zero-order chi connectivity index (χ0) is 7.44. The van der Waals surface area contributed by atoms with Gasteiger partial charge in [0.15, 0.2) is 0 Å². The van der Waals surface area contributed by atoms with Crippen LogP contribution in [-0.4, -0.2) is 11.1 Å². The molecule has 0 aromatic rings. The van der Waals surface area contributed by atoms with Crippen LogP contribution in [0.1, 0.15) is 20.3 Å². The van der Waals surface area contributed by atoms with Crippen LogP contribution in [0.25, 0.3) is 0 Å². The summed E-state index contributed by atoms with van der Waals surface area (Å²) < 4.78 is 0. The highest BCUT2D eigenvalue weighted by Gasteiger charge is 2.05. The van der Waals surface area contributed by atoms with Crippen molar-refractivity contribution in [1.29, 1.82) is 0 Å². The highest BCUT2D eigenvalue weighted by Crippen LogP contribution is 2.02. The zero-order valence-corrected chi connectivity index (χ0v) is 5.64. The van der Waals surface area contributed by atoms with Crippen LogP contribution in [0.2, 0.25) is 0 Å². The molecule has 0 atom stereocenters. The summed E-state index contributed by atoms with van der Waals surface area (Å²) in [4.78, 5) is 10.2.